The number of H-pyrrole nitrogens is 1. The number of aryl methyl sites for hydroxylation is 3. The highest BCUT2D eigenvalue weighted by atomic mass is 32.1. The predicted molar refractivity (Wildman–Crippen MR) is 99.4 cm³/mol. The molecule has 0 aliphatic carbocycles. The van der Waals surface area contributed by atoms with E-state index in [1.54, 1.807) is 11.3 Å². The third-order valence-corrected chi connectivity index (χ3v) is 5.23. The fourth-order valence-electron chi connectivity index (χ4n) is 2.53. The van der Waals surface area contributed by atoms with E-state index in [2.05, 4.69) is 41.1 Å². The van der Waals surface area contributed by atoms with Crippen LogP contribution in [0, 0.1) is 20.8 Å². The molecule has 5 nitrogen and oxygen atoms in total. The lowest BCUT2D eigenvalue weighted by Gasteiger charge is -2.24. The van der Waals surface area contributed by atoms with Crippen LogP contribution in [-0.4, -0.2) is 53.1 Å². The number of nitrogens with one attached hydrogen (secondary N) is 1. The van der Waals surface area contributed by atoms with Crippen molar-refractivity contribution >= 4 is 17.2 Å². The number of nitrogens with zero attached hydrogens (tertiary/aromatic N) is 3. The van der Waals surface area contributed by atoms with Crippen LogP contribution in [0.1, 0.15) is 33.1 Å². The van der Waals surface area contributed by atoms with E-state index in [0.29, 0.717) is 19.4 Å². The molecule has 0 aliphatic heterocycles. The third kappa shape index (κ3) is 5.18. The lowest BCUT2D eigenvalue weighted by molar-refractivity contribution is -0.131. The predicted octanol–water partition coefficient (Wildman–Crippen LogP) is 2.92. The maximum atomic E-state index is 12.7. The van der Waals surface area contributed by atoms with E-state index < -0.39 is 0 Å². The normalized spacial score (nSPS) is 11.2. The topological polar surface area (TPSA) is 52.2 Å². The smallest absolute Gasteiger partial charge is 0.223 e. The number of carbonyl (C=O) groups excluding carboxylic acids is 1. The van der Waals surface area contributed by atoms with Crippen molar-refractivity contribution in [3.05, 3.63) is 38.8 Å². The summed E-state index contributed by atoms with van der Waals surface area (Å²) >= 11 is 1.76. The molecule has 2 rings (SSSR count). The number of hydrogen-bond acceptors (Lipinski definition) is 4. The van der Waals surface area contributed by atoms with Crippen LogP contribution in [0.4, 0.5) is 0 Å². The Hall–Kier alpha value is -1.66. The van der Waals surface area contributed by atoms with Crippen molar-refractivity contribution in [1.29, 1.82) is 0 Å². The molecule has 24 heavy (non-hydrogen) atoms. The van der Waals surface area contributed by atoms with Crippen LogP contribution in [0.3, 0.4) is 0 Å². The molecule has 1 amide bonds. The minimum Gasteiger partial charge on any atom is -0.336 e. The Balaban J connectivity index is 1.98. The Morgan fingerprint density at radius 3 is 2.50 bits per heavy atom. The Kier molecular flexibility index (Phi) is 6.57. The number of amides is 1. The van der Waals surface area contributed by atoms with Crippen LogP contribution in [0.2, 0.25) is 0 Å². The first-order valence-electron chi connectivity index (χ1n) is 8.35. The Bertz CT molecular complexity index is 674. The standard InChI is InChI=1S/C18H28N4OS/c1-13-6-7-16(24-13)12-22(11-10-21(4)5)18(23)9-8-17-14(2)15(3)19-20-17/h6-7H,8-12H2,1-5H3,(H,19,20). The minimum absolute atomic E-state index is 0.197. The second kappa shape index (κ2) is 8.44. The monoisotopic (exact) mass is 348 g/mol. The van der Waals surface area contributed by atoms with Crippen LogP contribution >= 0.6 is 11.3 Å². The summed E-state index contributed by atoms with van der Waals surface area (Å²) in [5, 5.41) is 7.30. The highest BCUT2D eigenvalue weighted by Gasteiger charge is 2.16. The molecule has 2 aromatic rings. The fourth-order valence-corrected chi connectivity index (χ4v) is 3.44. The molecule has 2 heterocycles. The van der Waals surface area contributed by atoms with Crippen molar-refractivity contribution in [2.24, 2.45) is 0 Å². The Morgan fingerprint density at radius 2 is 1.96 bits per heavy atom. The molecule has 0 atom stereocenters. The number of aromatic nitrogens is 2. The molecule has 2 aromatic heterocycles. The van der Waals surface area contributed by atoms with Crippen molar-refractivity contribution in [3.63, 3.8) is 0 Å². The molecular weight excluding hydrogens is 320 g/mol. The fraction of sp³-hybridized carbons (Fsp3) is 0.556. The van der Waals surface area contributed by atoms with Gasteiger partial charge in [0.25, 0.3) is 0 Å². The summed E-state index contributed by atoms with van der Waals surface area (Å²) < 4.78 is 0. The molecule has 0 aromatic carbocycles. The third-order valence-electron chi connectivity index (χ3n) is 4.24. The minimum atomic E-state index is 0.197. The van der Waals surface area contributed by atoms with Crippen molar-refractivity contribution < 1.29 is 4.79 Å². The zero-order valence-electron chi connectivity index (χ0n) is 15.3. The van der Waals surface area contributed by atoms with E-state index in [9.17, 15) is 4.79 Å². The van der Waals surface area contributed by atoms with E-state index in [1.807, 2.05) is 25.9 Å². The second-order valence-electron chi connectivity index (χ2n) is 6.55. The molecule has 6 heteroatoms. The van der Waals surface area contributed by atoms with Gasteiger partial charge in [-0.05, 0) is 52.6 Å². The van der Waals surface area contributed by atoms with Gasteiger partial charge in [0, 0.05) is 41.4 Å². The van der Waals surface area contributed by atoms with Gasteiger partial charge in [0.2, 0.25) is 5.91 Å². The maximum Gasteiger partial charge on any atom is 0.223 e. The van der Waals surface area contributed by atoms with Gasteiger partial charge in [0.15, 0.2) is 0 Å². The Morgan fingerprint density at radius 1 is 1.21 bits per heavy atom. The molecule has 0 unspecified atom stereocenters. The molecular formula is C18H28N4OS. The second-order valence-corrected chi connectivity index (χ2v) is 7.92. The first-order chi connectivity index (χ1) is 11.4. The average Bonchev–Trinajstić information content (AvgIpc) is 3.08. The summed E-state index contributed by atoms with van der Waals surface area (Å²) in [5.74, 6) is 0.197. The summed E-state index contributed by atoms with van der Waals surface area (Å²) in [4.78, 5) is 19.3. The maximum absolute atomic E-state index is 12.7. The van der Waals surface area contributed by atoms with Gasteiger partial charge in [0.05, 0.1) is 12.2 Å². The van der Waals surface area contributed by atoms with Crippen LogP contribution in [0.25, 0.3) is 0 Å². The molecule has 132 valence electrons. The summed E-state index contributed by atoms with van der Waals surface area (Å²) in [6, 6.07) is 4.24. The van der Waals surface area contributed by atoms with Crippen molar-refractivity contribution in [1.82, 2.24) is 20.0 Å². The van der Waals surface area contributed by atoms with Gasteiger partial charge >= 0.3 is 0 Å². The highest BCUT2D eigenvalue weighted by Crippen LogP contribution is 2.18. The molecule has 0 saturated carbocycles. The lowest BCUT2D eigenvalue weighted by Crippen LogP contribution is -2.36. The van der Waals surface area contributed by atoms with Gasteiger partial charge in [0.1, 0.15) is 0 Å². The van der Waals surface area contributed by atoms with Crippen LogP contribution in [-0.2, 0) is 17.8 Å². The van der Waals surface area contributed by atoms with Crippen LogP contribution < -0.4 is 0 Å². The van der Waals surface area contributed by atoms with Gasteiger partial charge in [-0.25, -0.2) is 0 Å². The SMILES string of the molecule is Cc1ccc(CN(CCN(C)C)C(=O)CCc2n[nH]c(C)c2C)s1. The summed E-state index contributed by atoms with van der Waals surface area (Å²) in [6.07, 6.45) is 1.19. The quantitative estimate of drug-likeness (QED) is 0.798. The summed E-state index contributed by atoms with van der Waals surface area (Å²) in [6.45, 7) is 8.48. The van der Waals surface area contributed by atoms with E-state index in [1.165, 1.54) is 9.75 Å². The highest BCUT2D eigenvalue weighted by molar-refractivity contribution is 7.11. The van der Waals surface area contributed by atoms with E-state index in [-0.39, 0.29) is 5.91 Å². The largest absolute Gasteiger partial charge is 0.336 e. The average molecular weight is 349 g/mol. The molecule has 0 aliphatic rings. The summed E-state index contributed by atoms with van der Waals surface area (Å²) in [5.41, 5.74) is 3.24. The molecule has 0 bridgehead atoms. The number of rotatable bonds is 8. The molecule has 1 N–H and O–H groups in total. The van der Waals surface area contributed by atoms with E-state index in [4.69, 9.17) is 0 Å². The van der Waals surface area contributed by atoms with E-state index >= 15 is 0 Å². The van der Waals surface area contributed by atoms with E-state index in [0.717, 1.165) is 30.0 Å². The number of aromatic amines is 1. The lowest BCUT2D eigenvalue weighted by atomic mass is 10.1. The van der Waals surface area contributed by atoms with Gasteiger partial charge in [-0.15, -0.1) is 11.3 Å². The Labute approximate surface area is 148 Å². The zero-order chi connectivity index (χ0) is 17.7. The first-order valence-corrected chi connectivity index (χ1v) is 9.16. The molecule has 0 fully saturated rings. The number of thiophene rings is 1. The van der Waals surface area contributed by atoms with Gasteiger partial charge in [-0.2, -0.15) is 5.10 Å². The number of carbonyl (C=O) groups is 1. The molecule has 0 spiro atoms. The van der Waals surface area contributed by atoms with Gasteiger partial charge in [-0.3, -0.25) is 9.89 Å². The van der Waals surface area contributed by atoms with Crippen LogP contribution in [0.5, 0.6) is 0 Å². The van der Waals surface area contributed by atoms with Crippen molar-refractivity contribution in [2.75, 3.05) is 27.2 Å². The van der Waals surface area contributed by atoms with Crippen molar-refractivity contribution in [2.45, 2.75) is 40.2 Å². The van der Waals surface area contributed by atoms with Crippen molar-refractivity contribution in [3.8, 4) is 0 Å². The van der Waals surface area contributed by atoms with Gasteiger partial charge < -0.3 is 9.80 Å². The van der Waals surface area contributed by atoms with Gasteiger partial charge in [-0.1, -0.05) is 0 Å². The summed E-state index contributed by atoms with van der Waals surface area (Å²) in [7, 11) is 4.07. The molecule has 0 radical (unpaired) electrons. The zero-order valence-corrected chi connectivity index (χ0v) is 16.2. The van der Waals surface area contributed by atoms with Crippen LogP contribution in [0.15, 0.2) is 12.1 Å². The number of likely N-dealkylation sites (N-methyl/N-ethyl adjacent to an activating group) is 1. The first kappa shape index (κ1) is 18.7. The number of hydrogen-bond donors (Lipinski definition) is 1. The molecule has 0 saturated heterocycles.